The third-order valence-electron chi connectivity index (χ3n) is 3.05. The number of pyridine rings is 1. The SMILES string of the molecule is Cc1[nH]n(-c2ccccc2)c(=O)c1N=Nc1cccnc1Cl. The topological polar surface area (TPSA) is 75.4 Å². The van der Waals surface area contributed by atoms with E-state index in [-0.39, 0.29) is 16.4 Å². The maximum absolute atomic E-state index is 12.4. The molecular formula is C15H12ClN5O. The molecule has 0 atom stereocenters. The Balaban J connectivity index is 2.01. The molecule has 0 amide bonds. The first-order valence-corrected chi connectivity index (χ1v) is 6.94. The van der Waals surface area contributed by atoms with Gasteiger partial charge >= 0.3 is 0 Å². The van der Waals surface area contributed by atoms with Gasteiger partial charge in [0.15, 0.2) is 10.8 Å². The molecule has 0 radical (unpaired) electrons. The molecule has 3 rings (SSSR count). The number of para-hydroxylation sites is 1. The molecule has 0 saturated heterocycles. The van der Waals surface area contributed by atoms with Crippen LogP contribution in [0.3, 0.4) is 0 Å². The van der Waals surface area contributed by atoms with E-state index in [9.17, 15) is 4.79 Å². The largest absolute Gasteiger partial charge is 0.299 e. The molecule has 0 saturated carbocycles. The number of aryl methyl sites for hydroxylation is 1. The van der Waals surface area contributed by atoms with Gasteiger partial charge in [-0.3, -0.25) is 9.89 Å². The Morgan fingerprint density at radius 1 is 1.14 bits per heavy atom. The highest BCUT2D eigenvalue weighted by molar-refractivity contribution is 6.31. The Morgan fingerprint density at radius 2 is 1.91 bits per heavy atom. The standard InChI is InChI=1S/C15H12ClN5O/c1-10-13(19-18-12-8-5-9-17-14(12)16)15(22)21(20-10)11-6-3-2-4-7-11/h2-9,20H,1H3. The number of benzene rings is 1. The number of hydrogen-bond acceptors (Lipinski definition) is 4. The highest BCUT2D eigenvalue weighted by Gasteiger charge is 2.12. The molecule has 3 aromatic rings. The van der Waals surface area contributed by atoms with Crippen molar-refractivity contribution in [1.82, 2.24) is 14.8 Å². The van der Waals surface area contributed by atoms with Crippen molar-refractivity contribution in [2.24, 2.45) is 10.2 Å². The maximum atomic E-state index is 12.4. The van der Waals surface area contributed by atoms with Gasteiger partial charge in [-0.05, 0) is 31.2 Å². The van der Waals surface area contributed by atoms with Gasteiger partial charge in [0.2, 0.25) is 0 Å². The molecule has 0 fully saturated rings. The van der Waals surface area contributed by atoms with E-state index in [1.165, 1.54) is 4.68 Å². The Hall–Kier alpha value is -2.73. The Morgan fingerprint density at radius 3 is 2.64 bits per heavy atom. The number of aromatic nitrogens is 3. The highest BCUT2D eigenvalue weighted by Crippen LogP contribution is 2.24. The molecule has 0 spiro atoms. The molecule has 1 N–H and O–H groups in total. The highest BCUT2D eigenvalue weighted by atomic mass is 35.5. The molecule has 7 heteroatoms. The molecule has 2 heterocycles. The Bertz CT molecular complexity index is 882. The van der Waals surface area contributed by atoms with Crippen LogP contribution in [0, 0.1) is 6.92 Å². The second-order valence-electron chi connectivity index (χ2n) is 4.57. The summed E-state index contributed by atoms with van der Waals surface area (Å²) in [5.41, 5.74) is 1.74. The second kappa shape index (κ2) is 5.95. The van der Waals surface area contributed by atoms with Crippen molar-refractivity contribution in [2.75, 3.05) is 0 Å². The smallest absolute Gasteiger partial charge is 0.293 e. The first kappa shape index (κ1) is 14.2. The molecule has 0 aliphatic rings. The molecule has 110 valence electrons. The summed E-state index contributed by atoms with van der Waals surface area (Å²) in [6.45, 7) is 1.76. The van der Waals surface area contributed by atoms with Gasteiger partial charge in [0, 0.05) is 6.20 Å². The molecule has 1 aromatic carbocycles. The van der Waals surface area contributed by atoms with Gasteiger partial charge < -0.3 is 0 Å². The molecule has 0 aliphatic heterocycles. The van der Waals surface area contributed by atoms with E-state index in [2.05, 4.69) is 20.3 Å². The van der Waals surface area contributed by atoms with Crippen molar-refractivity contribution in [1.29, 1.82) is 0 Å². The van der Waals surface area contributed by atoms with E-state index in [0.717, 1.165) is 5.69 Å². The molecule has 22 heavy (non-hydrogen) atoms. The van der Waals surface area contributed by atoms with E-state index in [0.29, 0.717) is 11.4 Å². The Labute approximate surface area is 131 Å². The lowest BCUT2D eigenvalue weighted by molar-refractivity contribution is 0.835. The van der Waals surface area contributed by atoms with Crippen molar-refractivity contribution >= 4 is 23.0 Å². The third kappa shape index (κ3) is 2.68. The predicted molar refractivity (Wildman–Crippen MR) is 84.5 cm³/mol. The minimum atomic E-state index is -0.271. The first-order valence-electron chi connectivity index (χ1n) is 6.56. The number of halogens is 1. The summed E-state index contributed by atoms with van der Waals surface area (Å²) in [4.78, 5) is 16.3. The van der Waals surface area contributed by atoms with E-state index >= 15 is 0 Å². The first-order chi connectivity index (χ1) is 10.7. The lowest BCUT2D eigenvalue weighted by Gasteiger charge is -1.99. The van der Waals surface area contributed by atoms with Crippen LogP contribution >= 0.6 is 11.6 Å². The third-order valence-corrected chi connectivity index (χ3v) is 3.34. The molecule has 6 nitrogen and oxygen atoms in total. The number of nitrogens with one attached hydrogen (secondary N) is 1. The van der Waals surface area contributed by atoms with E-state index < -0.39 is 0 Å². The van der Waals surface area contributed by atoms with Gasteiger partial charge in [-0.2, -0.15) is 0 Å². The van der Waals surface area contributed by atoms with Crippen molar-refractivity contribution < 1.29 is 0 Å². The van der Waals surface area contributed by atoms with Crippen LogP contribution in [0.1, 0.15) is 5.69 Å². The lowest BCUT2D eigenvalue weighted by atomic mass is 10.3. The zero-order valence-corrected chi connectivity index (χ0v) is 12.4. The molecule has 0 bridgehead atoms. The lowest BCUT2D eigenvalue weighted by Crippen LogP contribution is -2.13. The van der Waals surface area contributed by atoms with Gasteiger partial charge in [-0.25, -0.2) is 9.67 Å². The zero-order chi connectivity index (χ0) is 15.5. The summed E-state index contributed by atoms with van der Waals surface area (Å²) in [6, 6.07) is 12.6. The average Bonchev–Trinajstić information content (AvgIpc) is 2.82. The van der Waals surface area contributed by atoms with Crippen LogP contribution in [0.15, 0.2) is 63.7 Å². The molecule has 0 aliphatic carbocycles. The monoisotopic (exact) mass is 313 g/mol. The quantitative estimate of drug-likeness (QED) is 0.587. The number of rotatable bonds is 3. The summed E-state index contributed by atoms with van der Waals surface area (Å²) in [5.74, 6) is 0. The van der Waals surface area contributed by atoms with Crippen molar-refractivity contribution in [3.05, 3.63) is 69.9 Å². The molecular weight excluding hydrogens is 302 g/mol. The number of H-pyrrole nitrogens is 1. The van der Waals surface area contributed by atoms with Crippen molar-refractivity contribution in [3.63, 3.8) is 0 Å². The van der Waals surface area contributed by atoms with Crippen LogP contribution < -0.4 is 5.56 Å². The molecule has 2 aromatic heterocycles. The molecule has 0 unspecified atom stereocenters. The van der Waals surface area contributed by atoms with Crippen LogP contribution in [0.5, 0.6) is 0 Å². The van der Waals surface area contributed by atoms with Crippen molar-refractivity contribution in [2.45, 2.75) is 6.92 Å². The number of hydrogen-bond donors (Lipinski definition) is 1. The maximum Gasteiger partial charge on any atom is 0.299 e. The fraction of sp³-hybridized carbons (Fsp3) is 0.0667. The second-order valence-corrected chi connectivity index (χ2v) is 4.93. The van der Waals surface area contributed by atoms with Gasteiger partial charge in [0.05, 0.1) is 11.4 Å². The Kier molecular flexibility index (Phi) is 3.84. The van der Waals surface area contributed by atoms with E-state index in [4.69, 9.17) is 11.6 Å². The van der Waals surface area contributed by atoms with Crippen molar-refractivity contribution in [3.8, 4) is 5.69 Å². The number of nitrogens with zero attached hydrogens (tertiary/aromatic N) is 4. The average molecular weight is 314 g/mol. The normalized spacial score (nSPS) is 11.2. The van der Waals surface area contributed by atoms with Crippen LogP contribution in [0.4, 0.5) is 11.4 Å². The fourth-order valence-electron chi connectivity index (χ4n) is 1.97. The van der Waals surface area contributed by atoms with Crippen LogP contribution in [0.25, 0.3) is 5.69 Å². The van der Waals surface area contributed by atoms with Crippen LogP contribution in [-0.2, 0) is 0 Å². The van der Waals surface area contributed by atoms with Gasteiger partial charge in [0.1, 0.15) is 5.69 Å². The fourth-order valence-corrected chi connectivity index (χ4v) is 2.13. The summed E-state index contributed by atoms with van der Waals surface area (Å²) >= 11 is 5.92. The summed E-state index contributed by atoms with van der Waals surface area (Å²) in [7, 11) is 0. The zero-order valence-electron chi connectivity index (χ0n) is 11.7. The van der Waals surface area contributed by atoms with Gasteiger partial charge in [0.25, 0.3) is 5.56 Å². The number of aromatic amines is 1. The van der Waals surface area contributed by atoms with Crippen LogP contribution in [-0.4, -0.2) is 14.8 Å². The summed E-state index contributed by atoms with van der Waals surface area (Å²) in [5, 5.41) is 11.2. The van der Waals surface area contributed by atoms with E-state index in [1.54, 1.807) is 25.3 Å². The minimum Gasteiger partial charge on any atom is -0.293 e. The summed E-state index contributed by atoms with van der Waals surface area (Å²) in [6.07, 6.45) is 1.56. The number of azo groups is 1. The van der Waals surface area contributed by atoms with Gasteiger partial charge in [-0.15, -0.1) is 10.2 Å². The predicted octanol–water partition coefficient (Wildman–Crippen LogP) is 3.94. The minimum absolute atomic E-state index is 0.239. The summed E-state index contributed by atoms with van der Waals surface area (Å²) < 4.78 is 1.43. The van der Waals surface area contributed by atoms with Gasteiger partial charge in [-0.1, -0.05) is 29.8 Å². The van der Waals surface area contributed by atoms with Crippen LogP contribution in [0.2, 0.25) is 5.15 Å². The van der Waals surface area contributed by atoms with E-state index in [1.807, 2.05) is 30.3 Å².